The van der Waals surface area contributed by atoms with Crippen molar-refractivity contribution in [2.75, 3.05) is 24.1 Å². The maximum Gasteiger partial charge on any atom is 0.283 e. The number of carbonyl (C=O) groups is 1. The second-order valence-corrected chi connectivity index (χ2v) is 7.15. The van der Waals surface area contributed by atoms with Crippen molar-refractivity contribution in [1.29, 1.82) is 0 Å². The molecule has 7 heteroatoms. The third kappa shape index (κ3) is 3.56. The third-order valence-electron chi connectivity index (χ3n) is 4.14. The normalized spacial score (nSPS) is 17.0. The Labute approximate surface area is 161 Å². The van der Waals surface area contributed by atoms with Crippen LogP contribution in [0.2, 0.25) is 0 Å². The zero-order chi connectivity index (χ0) is 18.8. The van der Waals surface area contributed by atoms with Crippen LogP contribution < -0.4 is 14.4 Å². The lowest BCUT2D eigenvalue weighted by molar-refractivity contribution is -0.113. The fourth-order valence-electron chi connectivity index (χ4n) is 2.81. The smallest absolute Gasteiger partial charge is 0.283 e. The number of thioether (sulfide) groups is 1. The fourth-order valence-corrected chi connectivity index (χ4v) is 3.57. The average Bonchev–Trinajstić information content (AvgIpc) is 3.25. The van der Waals surface area contributed by atoms with Crippen LogP contribution >= 0.6 is 11.8 Å². The first-order valence-corrected chi connectivity index (χ1v) is 9.49. The number of carbonyl (C=O) groups excluding carboxylic acids is 1. The van der Waals surface area contributed by atoms with Crippen LogP contribution in [0.1, 0.15) is 11.1 Å². The second-order valence-electron chi connectivity index (χ2n) is 6.08. The van der Waals surface area contributed by atoms with E-state index in [0.29, 0.717) is 28.1 Å². The van der Waals surface area contributed by atoms with Gasteiger partial charge in [-0.25, -0.2) is 4.99 Å². The standard InChI is InChI=1S/C20H18N2O4S/c1-13-2-5-15(6-3-13)22-19(24)16(21-20(22)27-9-8-23)10-14-4-7-17-18(11-14)26-12-25-17/h2-7,10-11,23H,8-9,12H2,1H3/b16-10+. The van der Waals surface area contributed by atoms with Gasteiger partial charge in [-0.05, 0) is 42.8 Å². The number of rotatable bonds is 4. The Morgan fingerprint density at radius 3 is 2.74 bits per heavy atom. The lowest BCUT2D eigenvalue weighted by Gasteiger charge is -2.17. The monoisotopic (exact) mass is 382 g/mol. The van der Waals surface area contributed by atoms with E-state index in [-0.39, 0.29) is 19.3 Å². The SMILES string of the molecule is Cc1ccc(N2C(=O)/C(=C\c3ccc4c(c3)OCO4)N=C2SCCO)cc1. The summed E-state index contributed by atoms with van der Waals surface area (Å²) in [6, 6.07) is 13.2. The molecule has 2 aliphatic rings. The molecule has 0 radical (unpaired) electrons. The highest BCUT2D eigenvalue weighted by Crippen LogP contribution is 2.34. The molecule has 2 aromatic rings. The quantitative estimate of drug-likeness (QED) is 0.823. The van der Waals surface area contributed by atoms with Gasteiger partial charge in [0.2, 0.25) is 6.79 Å². The molecule has 0 unspecified atom stereocenters. The molecule has 0 atom stereocenters. The van der Waals surface area contributed by atoms with E-state index in [1.165, 1.54) is 11.8 Å². The molecule has 0 aliphatic carbocycles. The highest BCUT2D eigenvalue weighted by Gasteiger charge is 2.31. The molecule has 2 aliphatic heterocycles. The van der Waals surface area contributed by atoms with Crippen LogP contribution in [0.15, 0.2) is 53.2 Å². The minimum absolute atomic E-state index is 0.0147. The van der Waals surface area contributed by atoms with Crippen LogP contribution in [0.3, 0.4) is 0 Å². The van der Waals surface area contributed by atoms with Crippen LogP contribution in [0.5, 0.6) is 11.5 Å². The molecule has 138 valence electrons. The number of ether oxygens (including phenoxy) is 2. The largest absolute Gasteiger partial charge is 0.454 e. The number of aryl methyl sites for hydroxylation is 1. The van der Waals surface area contributed by atoms with Crippen molar-refractivity contribution in [2.45, 2.75) is 6.92 Å². The van der Waals surface area contributed by atoms with Gasteiger partial charge >= 0.3 is 0 Å². The molecule has 2 aromatic carbocycles. The summed E-state index contributed by atoms with van der Waals surface area (Å²) in [6.07, 6.45) is 1.73. The van der Waals surface area contributed by atoms with Gasteiger partial charge in [-0.3, -0.25) is 9.69 Å². The molecular weight excluding hydrogens is 364 g/mol. The van der Waals surface area contributed by atoms with Gasteiger partial charge < -0.3 is 14.6 Å². The number of hydrogen-bond acceptors (Lipinski definition) is 6. The molecule has 6 nitrogen and oxygen atoms in total. The number of nitrogens with zero attached hydrogens (tertiary/aromatic N) is 2. The van der Waals surface area contributed by atoms with Crippen LogP contribution in [0.4, 0.5) is 5.69 Å². The number of aliphatic imine (C=N–C) groups is 1. The Bertz CT molecular complexity index is 937. The highest BCUT2D eigenvalue weighted by molar-refractivity contribution is 8.14. The van der Waals surface area contributed by atoms with Crippen molar-refractivity contribution in [3.8, 4) is 11.5 Å². The predicted octanol–water partition coefficient (Wildman–Crippen LogP) is 3.19. The van der Waals surface area contributed by atoms with Gasteiger partial charge in [0.15, 0.2) is 16.7 Å². The van der Waals surface area contributed by atoms with Crippen LogP contribution in [0.25, 0.3) is 6.08 Å². The molecule has 2 heterocycles. The lowest BCUT2D eigenvalue weighted by Crippen LogP contribution is -2.30. The average molecular weight is 382 g/mol. The number of amides is 1. The molecule has 1 amide bonds. The van der Waals surface area contributed by atoms with E-state index in [9.17, 15) is 4.79 Å². The maximum absolute atomic E-state index is 13.0. The summed E-state index contributed by atoms with van der Waals surface area (Å²) in [7, 11) is 0. The molecule has 0 bridgehead atoms. The van der Waals surface area contributed by atoms with Gasteiger partial charge in [0.05, 0.1) is 12.3 Å². The van der Waals surface area contributed by atoms with Crippen molar-refractivity contribution < 1.29 is 19.4 Å². The van der Waals surface area contributed by atoms with Gasteiger partial charge in [-0.1, -0.05) is 35.5 Å². The van der Waals surface area contributed by atoms with Gasteiger partial charge in [0.1, 0.15) is 5.70 Å². The van der Waals surface area contributed by atoms with Gasteiger partial charge in [-0.15, -0.1) is 0 Å². The second kappa shape index (κ2) is 7.46. The van der Waals surface area contributed by atoms with Crippen molar-refractivity contribution in [2.24, 2.45) is 4.99 Å². The summed E-state index contributed by atoms with van der Waals surface area (Å²) in [4.78, 5) is 19.1. The van der Waals surface area contributed by atoms with Crippen molar-refractivity contribution in [3.63, 3.8) is 0 Å². The van der Waals surface area contributed by atoms with E-state index in [1.807, 2.05) is 49.4 Å². The van der Waals surface area contributed by atoms with E-state index < -0.39 is 0 Å². The number of fused-ring (bicyclic) bond motifs is 1. The van der Waals surface area contributed by atoms with Crippen molar-refractivity contribution in [3.05, 3.63) is 59.3 Å². The topological polar surface area (TPSA) is 71.4 Å². The number of hydrogen-bond donors (Lipinski definition) is 1. The zero-order valence-corrected chi connectivity index (χ0v) is 15.5. The number of aliphatic hydroxyl groups excluding tert-OH is 1. The summed E-state index contributed by atoms with van der Waals surface area (Å²) >= 11 is 1.35. The Balaban J connectivity index is 1.67. The first-order chi connectivity index (χ1) is 13.2. The van der Waals surface area contributed by atoms with Gasteiger partial charge in [0, 0.05) is 5.75 Å². The summed E-state index contributed by atoms with van der Waals surface area (Å²) in [6.45, 7) is 2.21. The van der Waals surface area contributed by atoms with E-state index in [4.69, 9.17) is 14.6 Å². The molecule has 0 spiro atoms. The fraction of sp³-hybridized carbons (Fsp3) is 0.200. The summed E-state index contributed by atoms with van der Waals surface area (Å²) in [5.41, 5.74) is 3.02. The van der Waals surface area contributed by atoms with Crippen molar-refractivity contribution >= 4 is 34.6 Å². The zero-order valence-electron chi connectivity index (χ0n) is 14.7. The molecule has 0 saturated heterocycles. The summed E-state index contributed by atoms with van der Waals surface area (Å²) in [5, 5.41) is 9.72. The molecule has 4 rings (SSSR count). The first-order valence-electron chi connectivity index (χ1n) is 8.50. The minimum Gasteiger partial charge on any atom is -0.454 e. The number of benzene rings is 2. The first kappa shape index (κ1) is 17.6. The molecule has 0 saturated carbocycles. The molecule has 1 N–H and O–H groups in total. The van der Waals surface area contributed by atoms with E-state index >= 15 is 0 Å². The van der Waals surface area contributed by atoms with Crippen LogP contribution in [-0.2, 0) is 4.79 Å². The lowest BCUT2D eigenvalue weighted by atomic mass is 10.1. The molecule has 0 fully saturated rings. The third-order valence-corrected chi connectivity index (χ3v) is 5.06. The van der Waals surface area contributed by atoms with E-state index in [0.717, 1.165) is 16.8 Å². The molecule has 27 heavy (non-hydrogen) atoms. The Morgan fingerprint density at radius 1 is 1.19 bits per heavy atom. The summed E-state index contributed by atoms with van der Waals surface area (Å²) < 4.78 is 10.7. The van der Waals surface area contributed by atoms with Crippen LogP contribution in [-0.4, -0.2) is 35.3 Å². The van der Waals surface area contributed by atoms with Crippen molar-refractivity contribution in [1.82, 2.24) is 0 Å². The highest BCUT2D eigenvalue weighted by atomic mass is 32.2. The molecular formula is C20H18N2O4S. The Morgan fingerprint density at radius 2 is 1.96 bits per heavy atom. The number of anilines is 1. The minimum atomic E-state index is -0.197. The molecule has 0 aromatic heterocycles. The number of amidine groups is 1. The maximum atomic E-state index is 13.0. The summed E-state index contributed by atoms with van der Waals surface area (Å²) in [5.74, 6) is 1.62. The van der Waals surface area contributed by atoms with Gasteiger partial charge in [-0.2, -0.15) is 0 Å². The van der Waals surface area contributed by atoms with E-state index in [1.54, 1.807) is 11.0 Å². The van der Waals surface area contributed by atoms with E-state index in [2.05, 4.69) is 4.99 Å². The van der Waals surface area contributed by atoms with Gasteiger partial charge in [0.25, 0.3) is 5.91 Å². The predicted molar refractivity (Wildman–Crippen MR) is 106 cm³/mol. The Kier molecular flexibility index (Phi) is 4.87. The van der Waals surface area contributed by atoms with Crippen LogP contribution in [0, 0.1) is 6.92 Å². The number of aliphatic hydroxyl groups is 1. The Hall–Kier alpha value is -2.77.